The van der Waals surface area contributed by atoms with Gasteiger partial charge in [-0.2, -0.15) is 0 Å². The Bertz CT molecular complexity index is 519. The van der Waals surface area contributed by atoms with Gasteiger partial charge in [-0.25, -0.2) is 8.42 Å². The molecule has 108 valence electrons. The number of sulfonamides is 1. The molecule has 4 nitrogen and oxygen atoms in total. The maximum absolute atomic E-state index is 11.9. The van der Waals surface area contributed by atoms with Gasteiger partial charge in [-0.15, -0.1) is 0 Å². The number of nitrogens with one attached hydrogen (secondary N) is 2. The van der Waals surface area contributed by atoms with Gasteiger partial charge in [0.05, 0.1) is 5.75 Å². The standard InChI is InChI=1S/C13H21BrN2O2S/c1-9(2)15-5-6-19(17,18)16-12-7-10(3)13(14)11(4)8-12/h7-9,15-16H,5-6H2,1-4H3. The van der Waals surface area contributed by atoms with Crippen LogP contribution in [0.25, 0.3) is 0 Å². The summed E-state index contributed by atoms with van der Waals surface area (Å²) in [6.45, 7) is 8.30. The van der Waals surface area contributed by atoms with Gasteiger partial charge in [-0.05, 0) is 37.1 Å². The molecule has 0 bridgehead atoms. The summed E-state index contributed by atoms with van der Waals surface area (Å²) in [5, 5.41) is 3.09. The Labute approximate surface area is 124 Å². The van der Waals surface area contributed by atoms with Gasteiger partial charge in [0.1, 0.15) is 0 Å². The van der Waals surface area contributed by atoms with Gasteiger partial charge in [0.25, 0.3) is 0 Å². The van der Waals surface area contributed by atoms with Crippen LogP contribution in [0.3, 0.4) is 0 Å². The Balaban J connectivity index is 2.73. The van der Waals surface area contributed by atoms with Crippen molar-refractivity contribution in [3.05, 3.63) is 27.7 Å². The highest BCUT2D eigenvalue weighted by Gasteiger charge is 2.12. The Hall–Kier alpha value is -0.590. The predicted molar refractivity (Wildman–Crippen MR) is 84.2 cm³/mol. The van der Waals surface area contributed by atoms with Crippen LogP contribution >= 0.6 is 15.9 Å². The molecule has 2 N–H and O–H groups in total. The number of halogens is 1. The largest absolute Gasteiger partial charge is 0.313 e. The summed E-state index contributed by atoms with van der Waals surface area (Å²) in [4.78, 5) is 0. The van der Waals surface area contributed by atoms with Gasteiger partial charge in [-0.3, -0.25) is 4.72 Å². The summed E-state index contributed by atoms with van der Waals surface area (Å²) in [6, 6.07) is 3.93. The van der Waals surface area contributed by atoms with Crippen LogP contribution in [0.15, 0.2) is 16.6 Å². The van der Waals surface area contributed by atoms with Crippen molar-refractivity contribution >= 4 is 31.6 Å². The van der Waals surface area contributed by atoms with Gasteiger partial charge in [0, 0.05) is 22.7 Å². The topological polar surface area (TPSA) is 58.2 Å². The fourth-order valence-corrected chi connectivity index (χ4v) is 2.91. The zero-order valence-electron chi connectivity index (χ0n) is 11.7. The zero-order valence-corrected chi connectivity index (χ0v) is 14.2. The second-order valence-corrected chi connectivity index (χ2v) is 7.59. The van der Waals surface area contributed by atoms with Crippen molar-refractivity contribution in [2.24, 2.45) is 0 Å². The molecule has 0 amide bonds. The molecule has 0 saturated heterocycles. The van der Waals surface area contributed by atoms with E-state index in [1.165, 1.54) is 0 Å². The second kappa shape index (κ2) is 6.72. The van der Waals surface area contributed by atoms with Crippen LogP contribution in [-0.4, -0.2) is 26.8 Å². The van der Waals surface area contributed by atoms with Crippen molar-refractivity contribution in [3.63, 3.8) is 0 Å². The number of hydrogen-bond acceptors (Lipinski definition) is 3. The number of hydrogen-bond donors (Lipinski definition) is 2. The molecule has 0 saturated carbocycles. The van der Waals surface area contributed by atoms with E-state index in [2.05, 4.69) is 26.0 Å². The molecule has 1 aromatic rings. The van der Waals surface area contributed by atoms with Crippen molar-refractivity contribution in [2.45, 2.75) is 33.7 Å². The summed E-state index contributed by atoms with van der Waals surface area (Å²) >= 11 is 3.46. The summed E-state index contributed by atoms with van der Waals surface area (Å²) in [5.41, 5.74) is 2.64. The highest BCUT2D eigenvalue weighted by Crippen LogP contribution is 2.25. The summed E-state index contributed by atoms with van der Waals surface area (Å²) in [7, 11) is -3.30. The Morgan fingerprint density at radius 2 is 1.74 bits per heavy atom. The molecule has 0 aliphatic heterocycles. The summed E-state index contributed by atoms with van der Waals surface area (Å²) < 4.78 is 27.5. The molecule has 1 rings (SSSR count). The van der Waals surface area contributed by atoms with Crippen LogP contribution in [-0.2, 0) is 10.0 Å². The fourth-order valence-electron chi connectivity index (χ4n) is 1.72. The molecule has 1 aromatic carbocycles. The summed E-state index contributed by atoms with van der Waals surface area (Å²) in [6.07, 6.45) is 0. The minimum Gasteiger partial charge on any atom is -0.313 e. The van der Waals surface area contributed by atoms with Crippen LogP contribution in [0.4, 0.5) is 5.69 Å². The van der Waals surface area contributed by atoms with E-state index < -0.39 is 10.0 Å². The van der Waals surface area contributed by atoms with E-state index in [0.29, 0.717) is 12.2 Å². The molecule has 0 radical (unpaired) electrons. The van der Waals surface area contributed by atoms with Crippen molar-refractivity contribution in [1.82, 2.24) is 5.32 Å². The molecule has 0 atom stereocenters. The molecule has 6 heteroatoms. The smallest absolute Gasteiger partial charge is 0.233 e. The van der Waals surface area contributed by atoms with Gasteiger partial charge < -0.3 is 5.32 Å². The molecule has 0 aliphatic rings. The zero-order chi connectivity index (χ0) is 14.6. The predicted octanol–water partition coefficient (Wildman–Crippen LogP) is 2.81. The molecule has 0 unspecified atom stereocenters. The molecule has 0 aliphatic carbocycles. The van der Waals surface area contributed by atoms with Crippen molar-refractivity contribution in [3.8, 4) is 0 Å². The summed E-state index contributed by atoms with van der Waals surface area (Å²) in [5.74, 6) is 0.0688. The minimum atomic E-state index is -3.30. The normalized spacial score (nSPS) is 11.9. The SMILES string of the molecule is Cc1cc(NS(=O)(=O)CCNC(C)C)cc(C)c1Br. The number of benzene rings is 1. The number of aryl methyl sites for hydroxylation is 2. The van der Waals surface area contributed by atoms with E-state index in [1.54, 1.807) is 0 Å². The Kier molecular flexibility index (Phi) is 5.82. The van der Waals surface area contributed by atoms with Crippen LogP contribution in [0.2, 0.25) is 0 Å². The lowest BCUT2D eigenvalue weighted by atomic mass is 10.1. The molecule has 0 spiro atoms. The quantitative estimate of drug-likeness (QED) is 0.830. The maximum Gasteiger partial charge on any atom is 0.233 e. The lowest BCUT2D eigenvalue weighted by molar-refractivity contribution is 0.582. The van der Waals surface area contributed by atoms with Gasteiger partial charge >= 0.3 is 0 Å². The molecule has 19 heavy (non-hydrogen) atoms. The van der Waals surface area contributed by atoms with Crippen LogP contribution in [0.5, 0.6) is 0 Å². The lowest BCUT2D eigenvalue weighted by Gasteiger charge is -2.12. The van der Waals surface area contributed by atoms with Crippen LogP contribution in [0.1, 0.15) is 25.0 Å². The fraction of sp³-hybridized carbons (Fsp3) is 0.538. The van der Waals surface area contributed by atoms with Crippen LogP contribution < -0.4 is 10.0 Å². The van der Waals surface area contributed by atoms with Crippen molar-refractivity contribution < 1.29 is 8.42 Å². The molecular formula is C13H21BrN2O2S. The first-order valence-electron chi connectivity index (χ1n) is 6.22. The molecule has 0 aromatic heterocycles. The van der Waals surface area contributed by atoms with Gasteiger partial charge in [0.15, 0.2) is 0 Å². The molecule has 0 fully saturated rings. The highest BCUT2D eigenvalue weighted by atomic mass is 79.9. The van der Waals surface area contributed by atoms with E-state index in [1.807, 2.05) is 39.8 Å². The maximum atomic E-state index is 11.9. The van der Waals surface area contributed by atoms with Crippen LogP contribution in [0, 0.1) is 13.8 Å². The van der Waals surface area contributed by atoms with E-state index in [0.717, 1.165) is 15.6 Å². The van der Waals surface area contributed by atoms with Crippen molar-refractivity contribution in [1.29, 1.82) is 0 Å². The second-order valence-electron chi connectivity index (χ2n) is 4.95. The Morgan fingerprint density at radius 1 is 1.21 bits per heavy atom. The van der Waals surface area contributed by atoms with Gasteiger partial charge in [0.2, 0.25) is 10.0 Å². The third-order valence-electron chi connectivity index (χ3n) is 2.63. The molecule has 0 heterocycles. The molecular weight excluding hydrogens is 328 g/mol. The van der Waals surface area contributed by atoms with E-state index in [-0.39, 0.29) is 11.8 Å². The first-order chi connectivity index (χ1) is 8.71. The number of anilines is 1. The van der Waals surface area contributed by atoms with Crippen molar-refractivity contribution in [2.75, 3.05) is 17.0 Å². The lowest BCUT2D eigenvalue weighted by Crippen LogP contribution is -2.30. The average molecular weight is 349 g/mol. The first-order valence-corrected chi connectivity index (χ1v) is 8.66. The van der Waals surface area contributed by atoms with Gasteiger partial charge in [-0.1, -0.05) is 29.8 Å². The third kappa shape index (κ3) is 5.50. The highest BCUT2D eigenvalue weighted by molar-refractivity contribution is 9.10. The van der Waals surface area contributed by atoms with E-state index >= 15 is 0 Å². The monoisotopic (exact) mass is 348 g/mol. The third-order valence-corrected chi connectivity index (χ3v) is 5.17. The van der Waals surface area contributed by atoms with E-state index in [4.69, 9.17) is 0 Å². The minimum absolute atomic E-state index is 0.0688. The van der Waals surface area contributed by atoms with E-state index in [9.17, 15) is 8.42 Å². The first kappa shape index (κ1) is 16.5. The Morgan fingerprint density at radius 3 is 2.21 bits per heavy atom. The number of rotatable bonds is 6. The average Bonchev–Trinajstić information content (AvgIpc) is 2.24.